The second-order valence-electron chi connectivity index (χ2n) is 9.75. The maximum absolute atomic E-state index is 12.9. The summed E-state index contributed by atoms with van der Waals surface area (Å²) in [5.41, 5.74) is 1.68. The molecule has 5 nitrogen and oxygen atoms in total. The lowest BCUT2D eigenvalue weighted by atomic mass is 9.76. The van der Waals surface area contributed by atoms with Crippen LogP contribution < -0.4 is 4.74 Å². The molecule has 3 aliphatic heterocycles. The molecule has 3 saturated heterocycles. The van der Waals surface area contributed by atoms with E-state index in [9.17, 15) is 4.79 Å². The van der Waals surface area contributed by atoms with Gasteiger partial charge in [0.2, 0.25) is 5.91 Å². The molecule has 1 amide bonds. The van der Waals surface area contributed by atoms with E-state index in [2.05, 4.69) is 59.9 Å². The van der Waals surface area contributed by atoms with Crippen LogP contribution in [0.1, 0.15) is 51.5 Å². The molecule has 1 aromatic carbocycles. The molecule has 3 heterocycles. The van der Waals surface area contributed by atoms with E-state index >= 15 is 0 Å². The first-order valence-corrected chi connectivity index (χ1v) is 11.4. The van der Waals surface area contributed by atoms with Crippen molar-refractivity contribution in [3.8, 4) is 5.75 Å². The molecule has 160 valence electrons. The smallest absolute Gasteiger partial charge is 0.239 e. The molecule has 0 saturated carbocycles. The van der Waals surface area contributed by atoms with Gasteiger partial charge >= 0.3 is 0 Å². The summed E-state index contributed by atoms with van der Waals surface area (Å²) in [4.78, 5) is 20.0. The van der Waals surface area contributed by atoms with Gasteiger partial charge in [0.1, 0.15) is 5.75 Å². The monoisotopic (exact) mass is 399 g/mol. The van der Waals surface area contributed by atoms with Crippen LogP contribution in [0, 0.1) is 5.41 Å². The van der Waals surface area contributed by atoms with E-state index in [1.165, 1.54) is 31.2 Å². The van der Waals surface area contributed by atoms with Crippen LogP contribution in [0.5, 0.6) is 5.75 Å². The fourth-order valence-corrected chi connectivity index (χ4v) is 5.45. The molecule has 3 fully saturated rings. The number of hydrogen-bond donors (Lipinski definition) is 0. The summed E-state index contributed by atoms with van der Waals surface area (Å²) < 4.78 is 5.75. The topological polar surface area (TPSA) is 36.0 Å². The number of carbonyl (C=O) groups is 1. The number of benzene rings is 1. The lowest BCUT2D eigenvalue weighted by molar-refractivity contribution is -0.134. The van der Waals surface area contributed by atoms with Crippen LogP contribution in [-0.4, -0.2) is 72.5 Å². The second-order valence-corrected chi connectivity index (χ2v) is 9.75. The lowest BCUT2D eigenvalue weighted by Crippen LogP contribution is -2.42. The molecule has 29 heavy (non-hydrogen) atoms. The molecule has 4 rings (SSSR count). The van der Waals surface area contributed by atoms with Crippen molar-refractivity contribution in [1.29, 1.82) is 0 Å². The van der Waals surface area contributed by atoms with Gasteiger partial charge in [-0.3, -0.25) is 14.6 Å². The molecule has 0 radical (unpaired) electrons. The lowest BCUT2D eigenvalue weighted by Gasteiger charge is -2.39. The number of likely N-dealkylation sites (tertiary alicyclic amines) is 3. The standard InChI is InChI=1S/C24H37N3O2/c1-19(2)29-21-8-6-20(7-9-21)17-26-14-10-24(11-15-26)16-22(25(3)18-24)23(28)27-12-4-5-13-27/h6-9,19,22H,4-5,10-18H2,1-3H3. The first-order valence-electron chi connectivity index (χ1n) is 11.4. The van der Waals surface area contributed by atoms with Crippen molar-refractivity contribution in [2.45, 2.75) is 64.6 Å². The maximum atomic E-state index is 12.9. The highest BCUT2D eigenvalue weighted by atomic mass is 16.5. The Morgan fingerprint density at radius 1 is 1.10 bits per heavy atom. The first kappa shape index (κ1) is 20.7. The van der Waals surface area contributed by atoms with Gasteiger partial charge in [-0.1, -0.05) is 12.1 Å². The molecule has 1 atom stereocenters. The van der Waals surface area contributed by atoms with Crippen molar-refractivity contribution in [2.24, 2.45) is 5.41 Å². The highest BCUT2D eigenvalue weighted by Gasteiger charge is 2.47. The molecule has 0 aliphatic carbocycles. The van der Waals surface area contributed by atoms with Crippen LogP contribution in [0.3, 0.4) is 0 Å². The Morgan fingerprint density at radius 2 is 1.76 bits per heavy atom. The Balaban J connectivity index is 1.29. The Morgan fingerprint density at radius 3 is 2.38 bits per heavy atom. The summed E-state index contributed by atoms with van der Waals surface area (Å²) in [6.45, 7) is 10.4. The summed E-state index contributed by atoms with van der Waals surface area (Å²) in [6, 6.07) is 8.66. The predicted octanol–water partition coefficient (Wildman–Crippen LogP) is 3.38. The summed E-state index contributed by atoms with van der Waals surface area (Å²) in [7, 11) is 2.15. The SMILES string of the molecule is CC(C)Oc1ccc(CN2CCC3(CC2)CC(C(=O)N2CCCC2)N(C)C3)cc1. The fourth-order valence-electron chi connectivity index (χ4n) is 5.45. The maximum Gasteiger partial charge on any atom is 0.239 e. The minimum atomic E-state index is 0.105. The quantitative estimate of drug-likeness (QED) is 0.761. The number of amides is 1. The minimum absolute atomic E-state index is 0.105. The average Bonchev–Trinajstić information content (AvgIpc) is 3.33. The van der Waals surface area contributed by atoms with Gasteiger partial charge in [0, 0.05) is 26.2 Å². The number of piperidine rings is 1. The molecular weight excluding hydrogens is 362 g/mol. The van der Waals surface area contributed by atoms with E-state index in [-0.39, 0.29) is 12.1 Å². The Hall–Kier alpha value is -1.59. The highest BCUT2D eigenvalue weighted by molar-refractivity contribution is 5.82. The highest BCUT2D eigenvalue weighted by Crippen LogP contribution is 2.43. The molecular formula is C24H37N3O2. The van der Waals surface area contributed by atoms with Crippen molar-refractivity contribution in [2.75, 3.05) is 39.8 Å². The van der Waals surface area contributed by atoms with Crippen LogP contribution in [0.4, 0.5) is 0 Å². The van der Waals surface area contributed by atoms with Gasteiger partial charge in [-0.25, -0.2) is 0 Å². The molecule has 1 aromatic rings. The third-order valence-electron chi connectivity index (χ3n) is 7.06. The number of hydrogen-bond acceptors (Lipinski definition) is 4. The number of ether oxygens (including phenoxy) is 1. The van der Waals surface area contributed by atoms with Crippen molar-refractivity contribution < 1.29 is 9.53 Å². The zero-order valence-electron chi connectivity index (χ0n) is 18.4. The van der Waals surface area contributed by atoms with Gasteiger partial charge in [-0.15, -0.1) is 0 Å². The van der Waals surface area contributed by atoms with Crippen molar-refractivity contribution in [1.82, 2.24) is 14.7 Å². The van der Waals surface area contributed by atoms with Crippen molar-refractivity contribution in [3.63, 3.8) is 0 Å². The Bertz CT molecular complexity index is 689. The molecule has 1 spiro atoms. The summed E-state index contributed by atoms with van der Waals surface area (Å²) in [6.07, 6.45) is 6.02. The van der Waals surface area contributed by atoms with Gasteiger partial charge in [0.15, 0.2) is 0 Å². The molecule has 1 unspecified atom stereocenters. The third-order valence-corrected chi connectivity index (χ3v) is 7.06. The van der Waals surface area contributed by atoms with Crippen LogP contribution in [0.25, 0.3) is 0 Å². The van der Waals surface area contributed by atoms with E-state index in [0.717, 1.165) is 51.4 Å². The van der Waals surface area contributed by atoms with E-state index in [1.807, 2.05) is 0 Å². The third kappa shape index (κ3) is 4.77. The van der Waals surface area contributed by atoms with Crippen LogP contribution >= 0.6 is 0 Å². The molecule has 3 aliphatic rings. The van der Waals surface area contributed by atoms with Crippen molar-refractivity contribution >= 4 is 5.91 Å². The van der Waals surface area contributed by atoms with Crippen molar-refractivity contribution in [3.05, 3.63) is 29.8 Å². The Labute approximate surface area is 176 Å². The van der Waals surface area contributed by atoms with E-state index < -0.39 is 0 Å². The molecule has 0 aromatic heterocycles. The van der Waals surface area contributed by atoms with Crippen LogP contribution in [0.2, 0.25) is 0 Å². The minimum Gasteiger partial charge on any atom is -0.491 e. The Kier molecular flexibility index (Phi) is 6.16. The zero-order chi connectivity index (χ0) is 20.4. The van der Waals surface area contributed by atoms with Gasteiger partial charge in [-0.2, -0.15) is 0 Å². The summed E-state index contributed by atoms with van der Waals surface area (Å²) in [5, 5.41) is 0. The van der Waals surface area contributed by atoms with E-state index in [0.29, 0.717) is 11.3 Å². The molecule has 0 bridgehead atoms. The number of rotatable bonds is 5. The number of carbonyl (C=O) groups excluding carboxylic acids is 1. The second kappa shape index (κ2) is 8.65. The molecule has 5 heteroatoms. The van der Waals surface area contributed by atoms with Gasteiger partial charge in [0.25, 0.3) is 0 Å². The largest absolute Gasteiger partial charge is 0.491 e. The number of nitrogens with zero attached hydrogens (tertiary/aromatic N) is 3. The summed E-state index contributed by atoms with van der Waals surface area (Å²) >= 11 is 0. The van der Waals surface area contributed by atoms with Gasteiger partial charge in [0.05, 0.1) is 12.1 Å². The predicted molar refractivity (Wildman–Crippen MR) is 116 cm³/mol. The average molecular weight is 400 g/mol. The normalized spacial score (nSPS) is 25.2. The van der Waals surface area contributed by atoms with E-state index in [1.54, 1.807) is 0 Å². The fraction of sp³-hybridized carbons (Fsp3) is 0.708. The molecule has 0 N–H and O–H groups in total. The zero-order valence-corrected chi connectivity index (χ0v) is 18.4. The number of likely N-dealkylation sites (N-methyl/N-ethyl adjacent to an activating group) is 1. The van der Waals surface area contributed by atoms with Crippen LogP contribution in [0.15, 0.2) is 24.3 Å². The van der Waals surface area contributed by atoms with E-state index in [4.69, 9.17) is 4.74 Å². The van der Waals surface area contributed by atoms with Crippen LogP contribution in [-0.2, 0) is 11.3 Å². The van der Waals surface area contributed by atoms with Gasteiger partial charge < -0.3 is 9.64 Å². The first-order chi connectivity index (χ1) is 13.9. The summed E-state index contributed by atoms with van der Waals surface area (Å²) in [5.74, 6) is 1.33. The van der Waals surface area contributed by atoms with Gasteiger partial charge in [-0.05, 0) is 89.2 Å².